The number of unbranched alkanes of at least 4 members (excludes halogenated alkanes) is 1. The number of aliphatic hydroxyl groups is 2. The average Bonchev–Trinajstić information content (AvgIpc) is 3.10. The molecule has 4 unspecified atom stereocenters. The van der Waals surface area contributed by atoms with Gasteiger partial charge >= 0.3 is 0 Å². The molecule has 0 saturated carbocycles. The van der Waals surface area contributed by atoms with Gasteiger partial charge in [-0.2, -0.15) is 0 Å². The van der Waals surface area contributed by atoms with Crippen molar-refractivity contribution in [3.05, 3.63) is 0 Å². The number of hydrogen-bond acceptors (Lipinski definition) is 6. The topological polar surface area (TPSA) is 40.5 Å². The summed E-state index contributed by atoms with van der Waals surface area (Å²) >= 11 is 0. The van der Waals surface area contributed by atoms with Gasteiger partial charge < -0.3 is 10.2 Å². The highest BCUT2D eigenvalue weighted by Gasteiger charge is 2.21. The summed E-state index contributed by atoms with van der Waals surface area (Å²) in [6.45, 7) is 0.142. The molecule has 2 nitrogen and oxygen atoms in total. The zero-order chi connectivity index (χ0) is 16.3. The van der Waals surface area contributed by atoms with Crippen LogP contribution in [0.2, 0.25) is 0 Å². The van der Waals surface area contributed by atoms with E-state index in [-0.39, 0.29) is 18.6 Å². The van der Waals surface area contributed by atoms with E-state index in [0.29, 0.717) is 0 Å². The zero-order valence-electron chi connectivity index (χ0n) is 14.0. The summed E-state index contributed by atoms with van der Waals surface area (Å²) in [4.78, 5) is 0. The van der Waals surface area contributed by atoms with Crippen LogP contribution >= 0.6 is 43.2 Å². The second-order valence-corrected chi connectivity index (χ2v) is 12.3. The van der Waals surface area contributed by atoms with Gasteiger partial charge in [-0.25, -0.2) is 0 Å². The maximum atomic E-state index is 10.4. The van der Waals surface area contributed by atoms with E-state index in [2.05, 4.69) is 0 Å². The van der Waals surface area contributed by atoms with E-state index in [4.69, 9.17) is 0 Å². The van der Waals surface area contributed by atoms with Crippen molar-refractivity contribution in [3.8, 4) is 0 Å². The molecule has 2 aliphatic rings. The van der Waals surface area contributed by atoms with E-state index in [0.717, 1.165) is 36.2 Å². The summed E-state index contributed by atoms with van der Waals surface area (Å²) in [6.07, 6.45) is 11.6. The Morgan fingerprint density at radius 1 is 0.870 bits per heavy atom. The van der Waals surface area contributed by atoms with Crippen molar-refractivity contribution >= 4 is 43.2 Å². The van der Waals surface area contributed by atoms with Gasteiger partial charge in [0.25, 0.3) is 0 Å². The summed E-state index contributed by atoms with van der Waals surface area (Å²) in [7, 11) is 8.11. The highest BCUT2D eigenvalue weighted by Crippen LogP contribution is 2.40. The molecule has 0 spiro atoms. The first kappa shape index (κ1) is 20.6. The van der Waals surface area contributed by atoms with Crippen LogP contribution in [0, 0.1) is 5.92 Å². The van der Waals surface area contributed by atoms with E-state index in [1.54, 1.807) is 0 Å². The van der Waals surface area contributed by atoms with Crippen molar-refractivity contribution in [2.45, 2.75) is 80.8 Å². The third-order valence-corrected chi connectivity index (χ3v) is 10.9. The molecule has 23 heavy (non-hydrogen) atoms. The van der Waals surface area contributed by atoms with Crippen molar-refractivity contribution in [1.82, 2.24) is 0 Å². The van der Waals surface area contributed by atoms with Gasteiger partial charge in [0.15, 0.2) is 0 Å². The Hall–Kier alpha value is 1.32. The van der Waals surface area contributed by atoms with E-state index in [9.17, 15) is 10.2 Å². The van der Waals surface area contributed by atoms with Crippen LogP contribution in [-0.4, -0.2) is 44.9 Å². The van der Waals surface area contributed by atoms with Crippen molar-refractivity contribution in [2.24, 2.45) is 5.92 Å². The minimum Gasteiger partial charge on any atom is -0.396 e. The first-order valence-electron chi connectivity index (χ1n) is 9.15. The maximum Gasteiger partial charge on any atom is 0.0590 e. The van der Waals surface area contributed by atoms with Crippen molar-refractivity contribution in [2.75, 3.05) is 18.1 Å². The summed E-state index contributed by atoms with van der Waals surface area (Å²) < 4.78 is 0. The summed E-state index contributed by atoms with van der Waals surface area (Å²) in [5.41, 5.74) is 0. The van der Waals surface area contributed by atoms with Crippen LogP contribution in [0.5, 0.6) is 0 Å². The molecular weight excluding hydrogens is 364 g/mol. The van der Waals surface area contributed by atoms with Gasteiger partial charge in [-0.1, -0.05) is 62.4 Å². The minimum absolute atomic E-state index is 0.0904. The van der Waals surface area contributed by atoms with Gasteiger partial charge in [0, 0.05) is 34.5 Å². The SMILES string of the molecule is OCC(CCCC1CCCSS1)C(O)CCCCC1CCSS1. The smallest absolute Gasteiger partial charge is 0.0590 e. The minimum atomic E-state index is -0.306. The third kappa shape index (κ3) is 8.50. The Balaban J connectivity index is 1.52. The van der Waals surface area contributed by atoms with Crippen LogP contribution < -0.4 is 0 Å². The van der Waals surface area contributed by atoms with Gasteiger partial charge in [0.2, 0.25) is 0 Å². The first-order chi connectivity index (χ1) is 11.3. The molecule has 2 N–H and O–H groups in total. The Bertz CT molecular complexity index is 294. The highest BCUT2D eigenvalue weighted by molar-refractivity contribution is 8.77. The van der Waals surface area contributed by atoms with Gasteiger partial charge in [0.05, 0.1) is 6.10 Å². The molecule has 2 fully saturated rings. The molecule has 136 valence electrons. The third-order valence-electron chi connectivity index (χ3n) is 4.84. The molecule has 0 aliphatic carbocycles. The van der Waals surface area contributed by atoms with E-state index < -0.39 is 0 Å². The monoisotopic (exact) mass is 396 g/mol. The number of hydrogen-bond donors (Lipinski definition) is 2. The van der Waals surface area contributed by atoms with E-state index in [1.807, 2.05) is 43.2 Å². The largest absolute Gasteiger partial charge is 0.396 e. The first-order valence-corrected chi connectivity index (χ1v) is 13.9. The Morgan fingerprint density at radius 2 is 1.61 bits per heavy atom. The molecule has 4 atom stereocenters. The second-order valence-electron chi connectivity index (χ2n) is 6.74. The van der Waals surface area contributed by atoms with Gasteiger partial charge in [-0.05, 0) is 44.9 Å². The van der Waals surface area contributed by atoms with Crippen LogP contribution in [0.4, 0.5) is 0 Å². The van der Waals surface area contributed by atoms with Gasteiger partial charge in [-0.3, -0.25) is 0 Å². The Kier molecular flexibility index (Phi) is 11.3. The summed E-state index contributed by atoms with van der Waals surface area (Å²) in [5, 5.41) is 21.6. The fourth-order valence-electron chi connectivity index (χ4n) is 3.29. The predicted octanol–water partition coefficient (Wildman–Crippen LogP) is 5.38. The lowest BCUT2D eigenvalue weighted by molar-refractivity contribution is 0.0529. The molecule has 2 aliphatic heterocycles. The van der Waals surface area contributed by atoms with Crippen LogP contribution in [0.3, 0.4) is 0 Å². The average molecular weight is 397 g/mol. The fraction of sp³-hybridized carbons (Fsp3) is 1.00. The van der Waals surface area contributed by atoms with Crippen molar-refractivity contribution < 1.29 is 10.2 Å². The molecule has 2 rings (SSSR count). The normalized spacial score (nSPS) is 27.9. The van der Waals surface area contributed by atoms with Crippen LogP contribution in [0.25, 0.3) is 0 Å². The molecule has 0 aromatic carbocycles. The van der Waals surface area contributed by atoms with Gasteiger partial charge in [0.1, 0.15) is 0 Å². The van der Waals surface area contributed by atoms with Gasteiger partial charge in [-0.15, -0.1) is 0 Å². The molecule has 2 saturated heterocycles. The fourth-order valence-corrected chi connectivity index (χ4v) is 9.22. The maximum absolute atomic E-state index is 10.4. The van der Waals surface area contributed by atoms with E-state index >= 15 is 0 Å². The molecule has 0 amide bonds. The van der Waals surface area contributed by atoms with Crippen LogP contribution in [0.1, 0.15) is 64.2 Å². The van der Waals surface area contributed by atoms with Crippen molar-refractivity contribution in [3.63, 3.8) is 0 Å². The lowest BCUT2D eigenvalue weighted by Crippen LogP contribution is -2.24. The second kappa shape index (κ2) is 12.6. The molecular formula is C17H32O2S4. The summed E-state index contributed by atoms with van der Waals surface area (Å²) in [6, 6.07) is 0. The number of rotatable bonds is 11. The Labute approximate surface area is 157 Å². The van der Waals surface area contributed by atoms with Crippen LogP contribution in [-0.2, 0) is 0 Å². The highest BCUT2D eigenvalue weighted by atomic mass is 33.1. The quantitative estimate of drug-likeness (QED) is 0.361. The molecule has 6 heteroatoms. The number of aliphatic hydroxyl groups excluding tert-OH is 2. The lowest BCUT2D eigenvalue weighted by Gasteiger charge is -2.23. The zero-order valence-corrected chi connectivity index (χ0v) is 17.3. The molecule has 2 heterocycles. The summed E-state index contributed by atoms with van der Waals surface area (Å²) in [5.74, 6) is 2.70. The predicted molar refractivity (Wildman–Crippen MR) is 110 cm³/mol. The molecule has 0 bridgehead atoms. The van der Waals surface area contributed by atoms with E-state index in [1.165, 1.54) is 50.0 Å². The Morgan fingerprint density at radius 3 is 2.30 bits per heavy atom. The lowest BCUT2D eigenvalue weighted by atomic mass is 9.92. The van der Waals surface area contributed by atoms with Crippen LogP contribution in [0.15, 0.2) is 0 Å². The standard InChI is InChI=1S/C17H32O2S4/c18-13-14(5-3-7-15-8-4-11-20-22-15)17(19)9-2-1-6-16-10-12-21-23-16/h14-19H,1-13H2. The molecule has 0 aromatic heterocycles. The van der Waals surface area contributed by atoms with Crippen molar-refractivity contribution in [1.29, 1.82) is 0 Å². The molecule has 0 radical (unpaired) electrons. The molecule has 0 aromatic rings.